The maximum absolute atomic E-state index is 11.5. The first kappa shape index (κ1) is 13.7. The van der Waals surface area contributed by atoms with Gasteiger partial charge in [-0.1, -0.05) is 6.92 Å². The molecule has 0 saturated heterocycles. The summed E-state index contributed by atoms with van der Waals surface area (Å²) in [5.41, 5.74) is 0.372. The normalized spacial score (nSPS) is 10.1. The summed E-state index contributed by atoms with van der Waals surface area (Å²) in [7, 11) is 0. The summed E-state index contributed by atoms with van der Waals surface area (Å²) in [5.74, 6) is 0.340. The van der Waals surface area contributed by atoms with E-state index in [0.29, 0.717) is 17.7 Å². The molecule has 1 aromatic heterocycles. The summed E-state index contributed by atoms with van der Waals surface area (Å²) in [6.45, 7) is 1.78. The van der Waals surface area contributed by atoms with Crippen LogP contribution in [0, 0.1) is 10.1 Å². The van der Waals surface area contributed by atoms with Gasteiger partial charge < -0.3 is 4.74 Å². The lowest BCUT2D eigenvalue weighted by Gasteiger charge is -2.05. The van der Waals surface area contributed by atoms with Gasteiger partial charge in [0.05, 0.1) is 4.92 Å². The van der Waals surface area contributed by atoms with Gasteiger partial charge in [-0.25, -0.2) is 4.98 Å². The smallest absolute Gasteiger partial charge is 0.331 e. The number of carbonyl (C=O) groups excluding carboxylic acids is 1. The minimum atomic E-state index is -0.558. The van der Waals surface area contributed by atoms with E-state index in [9.17, 15) is 14.9 Å². The van der Waals surface area contributed by atoms with Crippen molar-refractivity contribution in [2.45, 2.75) is 13.3 Å². The van der Waals surface area contributed by atoms with Crippen LogP contribution in [0.2, 0.25) is 0 Å². The fraction of sp³-hybridized carbons (Fsp3) is 0.143. The van der Waals surface area contributed by atoms with E-state index in [-0.39, 0.29) is 17.4 Å². The summed E-state index contributed by atoms with van der Waals surface area (Å²) in [6, 6.07) is 9.19. The minimum absolute atomic E-state index is 0.0281. The molecule has 0 radical (unpaired) electrons. The zero-order valence-electron chi connectivity index (χ0n) is 10.8. The molecule has 0 unspecified atom stereocenters. The molecule has 1 heterocycles. The quantitative estimate of drug-likeness (QED) is 0.473. The molecule has 0 atom stereocenters. The molecule has 0 fully saturated rings. The molecule has 0 aliphatic heterocycles. The zero-order chi connectivity index (χ0) is 14.5. The largest absolute Gasteiger partial charge is 0.434 e. The standard InChI is InChI=1S/C14H12N2O4/c1-2-13(17)10-5-7-11(8-6-10)20-14-12(16(18)19)4-3-9-15-14/h3-9H,2H2,1H3. The monoisotopic (exact) mass is 272 g/mol. The van der Waals surface area contributed by atoms with Crippen molar-refractivity contribution in [1.29, 1.82) is 0 Å². The van der Waals surface area contributed by atoms with Gasteiger partial charge in [-0.15, -0.1) is 0 Å². The molecule has 6 nitrogen and oxygen atoms in total. The van der Waals surface area contributed by atoms with E-state index >= 15 is 0 Å². The third kappa shape index (κ3) is 2.97. The zero-order valence-corrected chi connectivity index (χ0v) is 10.8. The van der Waals surface area contributed by atoms with Gasteiger partial charge in [-0.2, -0.15) is 0 Å². The average molecular weight is 272 g/mol. The first-order valence-corrected chi connectivity index (χ1v) is 6.02. The fourth-order valence-corrected chi connectivity index (χ4v) is 1.62. The van der Waals surface area contributed by atoms with Gasteiger partial charge in [0.25, 0.3) is 5.88 Å². The van der Waals surface area contributed by atoms with Crippen LogP contribution in [0.3, 0.4) is 0 Å². The number of carbonyl (C=O) groups is 1. The van der Waals surface area contributed by atoms with E-state index < -0.39 is 4.92 Å². The van der Waals surface area contributed by atoms with Gasteiger partial charge in [0, 0.05) is 24.2 Å². The van der Waals surface area contributed by atoms with Crippen molar-refractivity contribution in [3.8, 4) is 11.6 Å². The van der Waals surface area contributed by atoms with Crippen LogP contribution in [0.4, 0.5) is 5.69 Å². The molecule has 102 valence electrons. The fourth-order valence-electron chi connectivity index (χ4n) is 1.62. The summed E-state index contributed by atoms with van der Waals surface area (Å²) < 4.78 is 5.38. The van der Waals surface area contributed by atoms with Gasteiger partial charge in [-0.05, 0) is 30.3 Å². The van der Waals surface area contributed by atoms with Crippen molar-refractivity contribution in [3.63, 3.8) is 0 Å². The predicted octanol–water partition coefficient (Wildman–Crippen LogP) is 3.37. The van der Waals surface area contributed by atoms with Crippen LogP contribution in [0.1, 0.15) is 23.7 Å². The second-order valence-corrected chi connectivity index (χ2v) is 3.99. The number of rotatable bonds is 5. The number of nitro groups is 1. The Morgan fingerprint density at radius 3 is 2.60 bits per heavy atom. The highest BCUT2D eigenvalue weighted by Crippen LogP contribution is 2.28. The maximum atomic E-state index is 11.5. The van der Waals surface area contributed by atoms with E-state index in [4.69, 9.17) is 4.74 Å². The second-order valence-electron chi connectivity index (χ2n) is 3.99. The van der Waals surface area contributed by atoms with E-state index in [0.717, 1.165) is 0 Å². The lowest BCUT2D eigenvalue weighted by atomic mass is 10.1. The van der Waals surface area contributed by atoms with Gasteiger partial charge in [0.15, 0.2) is 5.78 Å². The van der Waals surface area contributed by atoms with Crippen LogP contribution in [-0.2, 0) is 0 Å². The SMILES string of the molecule is CCC(=O)c1ccc(Oc2ncccc2[N+](=O)[O-])cc1. The number of Topliss-reactive ketones (excluding diaryl/α,β-unsaturated/α-hetero) is 1. The topological polar surface area (TPSA) is 82.3 Å². The molecule has 1 aromatic carbocycles. The Balaban J connectivity index is 2.23. The van der Waals surface area contributed by atoms with Crippen molar-refractivity contribution >= 4 is 11.5 Å². The van der Waals surface area contributed by atoms with E-state index in [1.54, 1.807) is 31.2 Å². The predicted molar refractivity (Wildman–Crippen MR) is 72.0 cm³/mol. The molecule has 0 amide bonds. The minimum Gasteiger partial charge on any atom is -0.434 e. The molecule has 20 heavy (non-hydrogen) atoms. The van der Waals surface area contributed by atoms with Crippen molar-refractivity contribution in [3.05, 3.63) is 58.3 Å². The number of ether oxygens (including phenoxy) is 1. The number of hydrogen-bond donors (Lipinski definition) is 0. The molecule has 0 aliphatic rings. The number of benzene rings is 1. The van der Waals surface area contributed by atoms with Crippen molar-refractivity contribution in [2.24, 2.45) is 0 Å². The van der Waals surface area contributed by atoms with E-state index in [1.165, 1.54) is 18.3 Å². The summed E-state index contributed by atoms with van der Waals surface area (Å²) >= 11 is 0. The lowest BCUT2D eigenvalue weighted by Crippen LogP contribution is -1.97. The van der Waals surface area contributed by atoms with Gasteiger partial charge in [-0.3, -0.25) is 14.9 Å². The Labute approximate surface area is 115 Å². The van der Waals surface area contributed by atoms with Crippen LogP contribution in [-0.4, -0.2) is 15.7 Å². The number of nitrogens with zero attached hydrogens (tertiary/aromatic N) is 2. The summed E-state index contributed by atoms with van der Waals surface area (Å²) in [4.78, 5) is 25.6. The van der Waals surface area contributed by atoms with Crippen molar-refractivity contribution in [2.75, 3.05) is 0 Å². The molecular formula is C14H12N2O4. The van der Waals surface area contributed by atoms with Gasteiger partial charge >= 0.3 is 5.69 Å². The van der Waals surface area contributed by atoms with Crippen molar-refractivity contribution < 1.29 is 14.5 Å². The van der Waals surface area contributed by atoms with Crippen LogP contribution in [0.15, 0.2) is 42.6 Å². The Kier molecular flexibility index (Phi) is 4.05. The summed E-state index contributed by atoms with van der Waals surface area (Å²) in [5, 5.41) is 10.8. The highest BCUT2D eigenvalue weighted by atomic mass is 16.6. The molecule has 0 aliphatic carbocycles. The van der Waals surface area contributed by atoms with Crippen LogP contribution in [0.5, 0.6) is 11.6 Å². The first-order chi connectivity index (χ1) is 9.61. The lowest BCUT2D eigenvalue weighted by molar-refractivity contribution is -0.386. The Hall–Kier alpha value is -2.76. The van der Waals surface area contributed by atoms with E-state index in [1.807, 2.05) is 0 Å². The third-order valence-electron chi connectivity index (χ3n) is 2.66. The van der Waals surface area contributed by atoms with Crippen molar-refractivity contribution in [1.82, 2.24) is 4.98 Å². The number of ketones is 1. The molecular weight excluding hydrogens is 260 g/mol. The molecule has 0 bridgehead atoms. The molecule has 0 spiro atoms. The Morgan fingerprint density at radius 1 is 1.30 bits per heavy atom. The molecule has 2 aromatic rings. The third-order valence-corrected chi connectivity index (χ3v) is 2.66. The first-order valence-electron chi connectivity index (χ1n) is 6.02. The second kappa shape index (κ2) is 5.92. The molecule has 0 N–H and O–H groups in total. The molecule has 2 rings (SSSR count). The van der Waals surface area contributed by atoms with Gasteiger partial charge in [0.1, 0.15) is 5.75 Å². The number of pyridine rings is 1. The number of hydrogen-bond acceptors (Lipinski definition) is 5. The highest BCUT2D eigenvalue weighted by molar-refractivity contribution is 5.95. The summed E-state index contributed by atoms with van der Waals surface area (Å²) in [6.07, 6.45) is 1.84. The van der Waals surface area contributed by atoms with Crippen LogP contribution >= 0.6 is 0 Å². The van der Waals surface area contributed by atoms with Gasteiger partial charge in [0.2, 0.25) is 0 Å². The Morgan fingerprint density at radius 2 is 2.00 bits per heavy atom. The average Bonchev–Trinajstić information content (AvgIpc) is 2.47. The van der Waals surface area contributed by atoms with Crippen LogP contribution < -0.4 is 4.74 Å². The maximum Gasteiger partial charge on any atom is 0.331 e. The number of aromatic nitrogens is 1. The van der Waals surface area contributed by atoms with Crippen LogP contribution in [0.25, 0.3) is 0 Å². The molecule has 6 heteroatoms. The Bertz CT molecular complexity index is 638. The van der Waals surface area contributed by atoms with E-state index in [2.05, 4.69) is 4.98 Å². The highest BCUT2D eigenvalue weighted by Gasteiger charge is 2.16. The molecule has 0 saturated carbocycles.